The molecule has 8 heteroatoms. The fourth-order valence-corrected chi connectivity index (χ4v) is 2.01. The van der Waals surface area contributed by atoms with E-state index in [-0.39, 0.29) is 17.2 Å². The third-order valence-electron chi connectivity index (χ3n) is 1.96. The van der Waals surface area contributed by atoms with Gasteiger partial charge >= 0.3 is 5.97 Å². The van der Waals surface area contributed by atoms with Crippen LogP contribution >= 0.6 is 0 Å². The summed E-state index contributed by atoms with van der Waals surface area (Å²) in [6, 6.07) is 2.24. The highest BCUT2D eigenvalue weighted by Gasteiger charge is 2.22. The number of ether oxygens (including phenoxy) is 3. The molecule has 1 rings (SSSR count). The van der Waals surface area contributed by atoms with E-state index in [0.717, 1.165) is 13.0 Å². The summed E-state index contributed by atoms with van der Waals surface area (Å²) < 4.78 is 46.0. The molecule has 0 aliphatic carbocycles. The number of carbonyl (C=O) groups excluding carboxylic acids is 1. The van der Waals surface area contributed by atoms with Crippen LogP contribution in [0.2, 0.25) is 0 Å². The van der Waals surface area contributed by atoms with Crippen molar-refractivity contribution in [2.45, 2.75) is 11.8 Å². The van der Waals surface area contributed by atoms with Crippen LogP contribution in [0, 0.1) is 0 Å². The van der Waals surface area contributed by atoms with Crippen molar-refractivity contribution >= 4 is 16.1 Å². The number of hydrogen-bond donors (Lipinski definition) is 1. The van der Waals surface area contributed by atoms with E-state index < -0.39 is 21.0 Å². The van der Waals surface area contributed by atoms with E-state index in [1.807, 2.05) is 0 Å². The monoisotopic (exact) mass is 276 g/mol. The smallest absolute Gasteiger partial charge is 0.308 e. The average Bonchev–Trinajstić information content (AvgIpc) is 2.25. The summed E-state index contributed by atoms with van der Waals surface area (Å²) in [5, 5.41) is 0. The quantitative estimate of drug-likeness (QED) is 0.495. The molecular formula is C10H12O7S. The molecule has 0 aliphatic heterocycles. The molecule has 0 heterocycles. The second-order valence-corrected chi connectivity index (χ2v) is 4.62. The Bertz CT molecular complexity index is 562. The molecule has 0 unspecified atom stereocenters. The number of benzene rings is 1. The van der Waals surface area contributed by atoms with Gasteiger partial charge in [0.1, 0.15) is 10.6 Å². The van der Waals surface area contributed by atoms with Crippen LogP contribution in [0.3, 0.4) is 0 Å². The van der Waals surface area contributed by atoms with E-state index in [0.29, 0.717) is 0 Å². The van der Waals surface area contributed by atoms with Gasteiger partial charge in [-0.05, 0) is 0 Å². The summed E-state index contributed by atoms with van der Waals surface area (Å²) in [4.78, 5) is 10.3. The lowest BCUT2D eigenvalue weighted by Crippen LogP contribution is -2.06. The van der Waals surface area contributed by atoms with Crippen LogP contribution in [0.25, 0.3) is 0 Å². The molecule has 0 amide bonds. The predicted octanol–water partition coefficient (Wildman–Crippen LogP) is 0.876. The molecule has 0 saturated heterocycles. The van der Waals surface area contributed by atoms with Gasteiger partial charge in [0.05, 0.1) is 14.2 Å². The lowest BCUT2D eigenvalue weighted by atomic mass is 10.3. The molecule has 0 fully saturated rings. The van der Waals surface area contributed by atoms with Crippen molar-refractivity contribution < 1.29 is 32.0 Å². The largest absolute Gasteiger partial charge is 0.493 e. The molecule has 0 saturated carbocycles. The Balaban J connectivity index is 3.50. The van der Waals surface area contributed by atoms with Crippen molar-refractivity contribution in [3.05, 3.63) is 12.1 Å². The first kappa shape index (κ1) is 14.3. The highest BCUT2D eigenvalue weighted by Crippen LogP contribution is 2.38. The fourth-order valence-electron chi connectivity index (χ4n) is 1.32. The first-order chi connectivity index (χ1) is 8.29. The van der Waals surface area contributed by atoms with Crippen LogP contribution in [0.1, 0.15) is 6.92 Å². The molecule has 7 nitrogen and oxygen atoms in total. The van der Waals surface area contributed by atoms with E-state index in [1.165, 1.54) is 20.3 Å². The zero-order chi connectivity index (χ0) is 13.9. The summed E-state index contributed by atoms with van der Waals surface area (Å²) >= 11 is 0. The van der Waals surface area contributed by atoms with E-state index >= 15 is 0 Å². The van der Waals surface area contributed by atoms with E-state index in [1.54, 1.807) is 0 Å². The molecule has 0 aromatic heterocycles. The van der Waals surface area contributed by atoms with Gasteiger partial charge in [0.15, 0.2) is 11.5 Å². The summed E-state index contributed by atoms with van der Waals surface area (Å²) in [5.41, 5.74) is 0. The topological polar surface area (TPSA) is 99.1 Å². The van der Waals surface area contributed by atoms with Gasteiger partial charge in [-0.2, -0.15) is 8.42 Å². The van der Waals surface area contributed by atoms with Crippen LogP contribution in [-0.4, -0.2) is 33.2 Å². The SMILES string of the molecule is COc1cc(OC(C)=O)cc(S(=O)(=O)O)c1OC. The zero-order valence-electron chi connectivity index (χ0n) is 9.96. The van der Waals surface area contributed by atoms with Gasteiger partial charge in [0.25, 0.3) is 10.1 Å². The Labute approximate surface area is 104 Å². The van der Waals surface area contributed by atoms with Crippen molar-refractivity contribution in [3.8, 4) is 17.2 Å². The van der Waals surface area contributed by atoms with Crippen molar-refractivity contribution in [2.75, 3.05) is 14.2 Å². The normalized spacial score (nSPS) is 10.9. The van der Waals surface area contributed by atoms with Crippen LogP contribution in [-0.2, 0) is 14.9 Å². The standard InChI is InChI=1S/C10H12O7S/c1-6(11)17-7-4-8(15-2)10(16-3)9(5-7)18(12,13)14/h4-5H,1-3H3,(H,12,13,14). The van der Waals surface area contributed by atoms with E-state index in [2.05, 4.69) is 0 Å². The lowest BCUT2D eigenvalue weighted by molar-refractivity contribution is -0.131. The fraction of sp³-hybridized carbons (Fsp3) is 0.300. The third kappa shape index (κ3) is 3.11. The molecule has 0 radical (unpaired) electrons. The Morgan fingerprint density at radius 1 is 1.22 bits per heavy atom. The molecule has 0 spiro atoms. The van der Waals surface area contributed by atoms with Crippen molar-refractivity contribution in [1.29, 1.82) is 0 Å². The van der Waals surface area contributed by atoms with Crippen LogP contribution in [0.4, 0.5) is 0 Å². The lowest BCUT2D eigenvalue weighted by Gasteiger charge is -2.12. The van der Waals surface area contributed by atoms with Crippen LogP contribution in [0.15, 0.2) is 17.0 Å². The van der Waals surface area contributed by atoms with Crippen LogP contribution < -0.4 is 14.2 Å². The highest BCUT2D eigenvalue weighted by molar-refractivity contribution is 7.86. The maximum atomic E-state index is 11.2. The van der Waals surface area contributed by atoms with Gasteiger partial charge < -0.3 is 14.2 Å². The van der Waals surface area contributed by atoms with Crippen molar-refractivity contribution in [3.63, 3.8) is 0 Å². The predicted molar refractivity (Wildman–Crippen MR) is 60.7 cm³/mol. The summed E-state index contributed by atoms with van der Waals surface area (Å²) in [7, 11) is -2.03. The number of hydrogen-bond acceptors (Lipinski definition) is 6. The maximum absolute atomic E-state index is 11.2. The summed E-state index contributed by atoms with van der Waals surface area (Å²) in [6.07, 6.45) is 0. The van der Waals surface area contributed by atoms with E-state index in [9.17, 15) is 13.2 Å². The molecule has 1 N–H and O–H groups in total. The number of carbonyl (C=O) groups is 1. The molecule has 0 atom stereocenters. The second-order valence-electron chi connectivity index (χ2n) is 3.23. The molecule has 0 aliphatic rings. The summed E-state index contributed by atoms with van der Waals surface area (Å²) in [6.45, 7) is 1.16. The Kier molecular flexibility index (Phi) is 4.15. The molecule has 18 heavy (non-hydrogen) atoms. The minimum atomic E-state index is -4.53. The van der Waals surface area contributed by atoms with Gasteiger partial charge in [-0.3, -0.25) is 9.35 Å². The zero-order valence-corrected chi connectivity index (χ0v) is 10.8. The van der Waals surface area contributed by atoms with Crippen molar-refractivity contribution in [1.82, 2.24) is 0 Å². The maximum Gasteiger partial charge on any atom is 0.308 e. The van der Waals surface area contributed by atoms with Gasteiger partial charge in [0, 0.05) is 19.1 Å². The molecular weight excluding hydrogens is 264 g/mol. The minimum Gasteiger partial charge on any atom is -0.493 e. The minimum absolute atomic E-state index is 0.0175. The Morgan fingerprint density at radius 3 is 2.22 bits per heavy atom. The highest BCUT2D eigenvalue weighted by atomic mass is 32.2. The Morgan fingerprint density at radius 2 is 1.83 bits per heavy atom. The number of methoxy groups -OCH3 is 2. The van der Waals surface area contributed by atoms with Gasteiger partial charge in [-0.1, -0.05) is 0 Å². The van der Waals surface area contributed by atoms with Gasteiger partial charge in [-0.15, -0.1) is 0 Å². The first-order valence-corrected chi connectivity index (χ1v) is 6.15. The van der Waals surface area contributed by atoms with Gasteiger partial charge in [-0.25, -0.2) is 0 Å². The molecule has 1 aromatic rings. The summed E-state index contributed by atoms with van der Waals surface area (Å²) in [5.74, 6) is -0.865. The third-order valence-corrected chi connectivity index (χ3v) is 2.82. The average molecular weight is 276 g/mol. The number of esters is 1. The Hall–Kier alpha value is -1.80. The first-order valence-electron chi connectivity index (χ1n) is 4.71. The molecule has 1 aromatic carbocycles. The van der Waals surface area contributed by atoms with Crippen molar-refractivity contribution in [2.24, 2.45) is 0 Å². The van der Waals surface area contributed by atoms with Crippen LogP contribution in [0.5, 0.6) is 17.2 Å². The number of rotatable bonds is 4. The van der Waals surface area contributed by atoms with E-state index in [4.69, 9.17) is 18.8 Å². The molecule has 100 valence electrons. The van der Waals surface area contributed by atoms with Gasteiger partial charge in [0.2, 0.25) is 0 Å². The second kappa shape index (κ2) is 5.23. The molecule has 0 bridgehead atoms.